The van der Waals surface area contributed by atoms with Gasteiger partial charge in [0.25, 0.3) is 11.8 Å². The predicted molar refractivity (Wildman–Crippen MR) is 143 cm³/mol. The lowest BCUT2D eigenvalue weighted by Gasteiger charge is -2.28. The summed E-state index contributed by atoms with van der Waals surface area (Å²) in [7, 11) is 0. The van der Waals surface area contributed by atoms with Crippen molar-refractivity contribution in [2.75, 3.05) is 26.2 Å². The van der Waals surface area contributed by atoms with Crippen LogP contribution in [0.2, 0.25) is 0 Å². The molecule has 10 heteroatoms. The molecule has 0 spiro atoms. The van der Waals surface area contributed by atoms with Crippen LogP contribution in [0.3, 0.4) is 0 Å². The number of benzene rings is 1. The second kappa shape index (κ2) is 11.7. The van der Waals surface area contributed by atoms with E-state index in [-0.39, 0.29) is 36.6 Å². The van der Waals surface area contributed by atoms with Gasteiger partial charge in [-0.1, -0.05) is 12.1 Å². The molecule has 2 aliphatic carbocycles. The minimum absolute atomic E-state index is 0.148. The van der Waals surface area contributed by atoms with Crippen LogP contribution in [-0.2, 0) is 9.47 Å². The molecule has 1 aliphatic heterocycles. The lowest BCUT2D eigenvalue weighted by Crippen LogP contribution is -2.44. The Morgan fingerprint density at radius 2 is 1.21 bits per heavy atom. The summed E-state index contributed by atoms with van der Waals surface area (Å²) in [4.78, 5) is 53.4. The Bertz CT molecular complexity index is 1000. The summed E-state index contributed by atoms with van der Waals surface area (Å²) >= 11 is 0. The average molecular weight is 531 g/mol. The second-order valence-corrected chi connectivity index (χ2v) is 11.9. The van der Waals surface area contributed by atoms with E-state index in [1.165, 1.54) is 4.90 Å². The van der Waals surface area contributed by atoms with Crippen LogP contribution in [0.5, 0.6) is 0 Å². The molecular weight excluding hydrogens is 488 g/mol. The molecule has 0 saturated heterocycles. The van der Waals surface area contributed by atoms with Crippen molar-refractivity contribution in [1.82, 2.24) is 14.7 Å². The Morgan fingerprint density at radius 3 is 1.55 bits per heavy atom. The van der Waals surface area contributed by atoms with Crippen LogP contribution in [0.25, 0.3) is 0 Å². The fourth-order valence-electron chi connectivity index (χ4n) is 4.05. The number of rotatable bonds is 7. The van der Waals surface area contributed by atoms with E-state index in [0.717, 1.165) is 25.7 Å². The molecule has 0 aromatic heterocycles. The summed E-state index contributed by atoms with van der Waals surface area (Å²) in [5.41, 5.74) is 5.32. The molecule has 38 heavy (non-hydrogen) atoms. The maximum atomic E-state index is 12.4. The largest absolute Gasteiger partial charge is 0.444 e. The Morgan fingerprint density at radius 1 is 0.816 bits per heavy atom. The Kier molecular flexibility index (Phi) is 9.07. The standard InChI is InChI=1S/C18H22N2O4.C10H20N2O2/c1-18(2,3)24-17(23)19(12-8-9-12)10-11-20-15(21)13-6-4-5-7-14(13)16(20)22;1-10(2,3)14-9(13)12(7-6-11)8-4-5-8/h4-7,12H,8-11H2,1-3H3;8H,4-7,11H2,1-3H3. The molecule has 1 heterocycles. The summed E-state index contributed by atoms with van der Waals surface area (Å²) in [5, 5.41) is 0. The van der Waals surface area contributed by atoms with Crippen LogP contribution in [0.4, 0.5) is 9.59 Å². The second-order valence-electron chi connectivity index (χ2n) is 11.9. The number of hydrogen-bond acceptors (Lipinski definition) is 7. The monoisotopic (exact) mass is 530 g/mol. The van der Waals surface area contributed by atoms with Crippen LogP contribution in [0, 0.1) is 0 Å². The predicted octanol–water partition coefficient (Wildman–Crippen LogP) is 4.03. The van der Waals surface area contributed by atoms with E-state index in [1.807, 2.05) is 41.5 Å². The van der Waals surface area contributed by atoms with Crippen molar-refractivity contribution in [2.24, 2.45) is 5.73 Å². The number of fused-ring (bicyclic) bond motifs is 1. The molecule has 1 aromatic rings. The minimum atomic E-state index is -0.570. The maximum Gasteiger partial charge on any atom is 0.410 e. The average Bonchev–Trinajstić information content (AvgIpc) is 3.72. The van der Waals surface area contributed by atoms with Gasteiger partial charge in [-0.3, -0.25) is 14.5 Å². The smallest absolute Gasteiger partial charge is 0.410 e. The molecule has 0 unspecified atom stereocenters. The number of nitrogens with two attached hydrogens (primary N) is 1. The van der Waals surface area contributed by atoms with E-state index in [0.29, 0.717) is 36.8 Å². The molecule has 4 amide bonds. The normalized spacial score (nSPS) is 16.9. The van der Waals surface area contributed by atoms with Gasteiger partial charge in [-0.15, -0.1) is 0 Å². The highest BCUT2D eigenvalue weighted by atomic mass is 16.6. The van der Waals surface area contributed by atoms with Gasteiger partial charge in [0, 0.05) is 38.3 Å². The molecule has 210 valence electrons. The van der Waals surface area contributed by atoms with Crippen molar-refractivity contribution in [3.63, 3.8) is 0 Å². The van der Waals surface area contributed by atoms with E-state index in [2.05, 4.69) is 0 Å². The van der Waals surface area contributed by atoms with E-state index in [4.69, 9.17) is 15.2 Å². The number of imide groups is 1. The molecule has 3 aliphatic rings. The first-order valence-corrected chi connectivity index (χ1v) is 13.4. The Balaban J connectivity index is 0.000000244. The Hall–Kier alpha value is -3.14. The topological polar surface area (TPSA) is 122 Å². The number of nitrogens with zero attached hydrogens (tertiary/aromatic N) is 3. The molecule has 2 fully saturated rings. The van der Waals surface area contributed by atoms with Crippen molar-refractivity contribution in [3.8, 4) is 0 Å². The van der Waals surface area contributed by atoms with E-state index in [9.17, 15) is 19.2 Å². The summed E-state index contributed by atoms with van der Waals surface area (Å²) in [6.45, 7) is 12.7. The van der Waals surface area contributed by atoms with Gasteiger partial charge in [0.15, 0.2) is 0 Å². The molecule has 0 atom stereocenters. The van der Waals surface area contributed by atoms with Crippen molar-refractivity contribution < 1.29 is 28.7 Å². The van der Waals surface area contributed by atoms with Gasteiger partial charge >= 0.3 is 12.2 Å². The molecule has 2 N–H and O–H groups in total. The van der Waals surface area contributed by atoms with Gasteiger partial charge in [-0.05, 0) is 79.4 Å². The lowest BCUT2D eigenvalue weighted by atomic mass is 10.1. The van der Waals surface area contributed by atoms with Gasteiger partial charge < -0.3 is 25.0 Å². The molecule has 0 bridgehead atoms. The van der Waals surface area contributed by atoms with Gasteiger partial charge in [0.1, 0.15) is 11.2 Å². The zero-order valence-corrected chi connectivity index (χ0v) is 23.5. The van der Waals surface area contributed by atoms with Crippen LogP contribution in [-0.4, -0.2) is 88.2 Å². The van der Waals surface area contributed by atoms with Crippen molar-refractivity contribution in [1.29, 1.82) is 0 Å². The van der Waals surface area contributed by atoms with E-state index >= 15 is 0 Å². The van der Waals surface area contributed by atoms with Crippen LogP contribution in [0.15, 0.2) is 24.3 Å². The summed E-state index contributed by atoms with van der Waals surface area (Å²) in [5.74, 6) is -0.592. The number of amides is 4. The zero-order valence-electron chi connectivity index (χ0n) is 23.5. The number of carbonyl (C=O) groups excluding carboxylic acids is 4. The van der Waals surface area contributed by atoms with Crippen molar-refractivity contribution in [2.45, 2.75) is 90.5 Å². The highest BCUT2D eigenvalue weighted by molar-refractivity contribution is 6.21. The fourth-order valence-corrected chi connectivity index (χ4v) is 4.05. The van der Waals surface area contributed by atoms with Crippen LogP contribution >= 0.6 is 0 Å². The summed E-state index contributed by atoms with van der Waals surface area (Å²) < 4.78 is 10.7. The lowest BCUT2D eigenvalue weighted by molar-refractivity contribution is 0.0208. The quantitative estimate of drug-likeness (QED) is 0.528. The highest BCUT2D eigenvalue weighted by Gasteiger charge is 2.39. The first-order valence-electron chi connectivity index (χ1n) is 13.4. The van der Waals surface area contributed by atoms with Crippen molar-refractivity contribution >= 4 is 24.0 Å². The zero-order chi connectivity index (χ0) is 28.3. The molecule has 2 saturated carbocycles. The Labute approximate surface area is 225 Å². The molecule has 0 radical (unpaired) electrons. The third kappa shape index (κ3) is 8.18. The summed E-state index contributed by atoms with van der Waals surface area (Å²) in [6, 6.07) is 7.31. The third-order valence-corrected chi connectivity index (χ3v) is 6.04. The molecule has 10 nitrogen and oxygen atoms in total. The van der Waals surface area contributed by atoms with Gasteiger partial charge in [0.2, 0.25) is 0 Å². The highest BCUT2D eigenvalue weighted by Crippen LogP contribution is 2.30. The minimum Gasteiger partial charge on any atom is -0.444 e. The van der Waals surface area contributed by atoms with Crippen LogP contribution < -0.4 is 5.73 Å². The third-order valence-electron chi connectivity index (χ3n) is 6.04. The maximum absolute atomic E-state index is 12.4. The molecular formula is C28H42N4O6. The van der Waals surface area contributed by atoms with Crippen molar-refractivity contribution in [3.05, 3.63) is 35.4 Å². The van der Waals surface area contributed by atoms with Gasteiger partial charge in [0.05, 0.1) is 11.1 Å². The number of hydrogen-bond donors (Lipinski definition) is 1. The number of ether oxygens (including phenoxy) is 2. The van der Waals surface area contributed by atoms with E-state index < -0.39 is 11.2 Å². The molecule has 1 aromatic carbocycles. The summed E-state index contributed by atoms with van der Waals surface area (Å²) in [6.07, 6.45) is 3.41. The molecule has 4 rings (SSSR count). The van der Waals surface area contributed by atoms with Gasteiger partial charge in [-0.25, -0.2) is 9.59 Å². The SMILES string of the molecule is CC(C)(C)OC(=O)N(CCN)C1CC1.CC(C)(C)OC(=O)N(CCN1C(=O)c2ccccc2C1=O)C1CC1. The fraction of sp³-hybridized carbons (Fsp3) is 0.643. The van der Waals surface area contributed by atoms with Crippen LogP contribution in [0.1, 0.15) is 87.9 Å². The first kappa shape index (κ1) is 29.4. The first-order chi connectivity index (χ1) is 17.7. The van der Waals surface area contributed by atoms with E-state index in [1.54, 1.807) is 34.1 Å². The number of carbonyl (C=O) groups is 4. The van der Waals surface area contributed by atoms with Gasteiger partial charge in [-0.2, -0.15) is 0 Å².